The molecule has 0 radical (unpaired) electrons. The van der Waals surface area contributed by atoms with Crippen LogP contribution in [0.15, 0.2) is 22.7 Å². The lowest BCUT2D eigenvalue weighted by atomic mass is 10.3. The van der Waals surface area contributed by atoms with Gasteiger partial charge < -0.3 is 15.3 Å². The van der Waals surface area contributed by atoms with Gasteiger partial charge in [0.25, 0.3) is 0 Å². The number of nitrogens with zero attached hydrogens (tertiary/aromatic N) is 1. The minimum Gasteiger partial charge on any atom is -0.480 e. The van der Waals surface area contributed by atoms with Crippen LogP contribution in [0.2, 0.25) is 0 Å². The standard InChI is InChI=1S/C10H10BrFN2O3/c1-14(5-9(15)16)10(17)13-6-2-3-8(12)7(11)4-6/h2-4H,5H2,1H3,(H,13,17)(H,15,16). The Morgan fingerprint density at radius 1 is 1.53 bits per heavy atom. The summed E-state index contributed by atoms with van der Waals surface area (Å²) >= 11 is 2.98. The van der Waals surface area contributed by atoms with Crippen molar-refractivity contribution >= 4 is 33.6 Å². The van der Waals surface area contributed by atoms with Crippen molar-refractivity contribution < 1.29 is 19.1 Å². The van der Waals surface area contributed by atoms with Gasteiger partial charge in [-0.25, -0.2) is 9.18 Å². The number of carboxylic acid groups (broad SMARTS) is 1. The highest BCUT2D eigenvalue weighted by Crippen LogP contribution is 2.20. The molecule has 0 atom stereocenters. The van der Waals surface area contributed by atoms with E-state index in [0.29, 0.717) is 5.69 Å². The molecule has 1 aromatic carbocycles. The van der Waals surface area contributed by atoms with Crippen molar-refractivity contribution in [2.75, 3.05) is 18.9 Å². The molecular formula is C10H10BrFN2O3. The second kappa shape index (κ2) is 5.62. The number of carbonyl (C=O) groups is 2. The Labute approximate surface area is 105 Å². The minimum atomic E-state index is -1.11. The Balaban J connectivity index is 2.67. The molecule has 0 fully saturated rings. The number of likely N-dealkylation sites (N-methyl/N-ethyl adjacent to an activating group) is 1. The Kier molecular flexibility index (Phi) is 4.45. The van der Waals surface area contributed by atoms with E-state index >= 15 is 0 Å². The van der Waals surface area contributed by atoms with Gasteiger partial charge >= 0.3 is 12.0 Å². The minimum absolute atomic E-state index is 0.219. The van der Waals surface area contributed by atoms with Gasteiger partial charge in [0, 0.05) is 12.7 Å². The molecule has 2 amide bonds. The zero-order chi connectivity index (χ0) is 13.0. The van der Waals surface area contributed by atoms with Crippen molar-refractivity contribution in [1.29, 1.82) is 0 Å². The monoisotopic (exact) mass is 304 g/mol. The summed E-state index contributed by atoms with van der Waals surface area (Å²) in [4.78, 5) is 22.9. The molecule has 2 N–H and O–H groups in total. The Hall–Kier alpha value is -1.63. The first-order valence-corrected chi connectivity index (χ1v) is 5.38. The fourth-order valence-corrected chi connectivity index (χ4v) is 1.45. The average Bonchev–Trinajstić information content (AvgIpc) is 2.22. The molecule has 1 rings (SSSR count). The van der Waals surface area contributed by atoms with Gasteiger partial charge in [-0.1, -0.05) is 0 Å². The van der Waals surface area contributed by atoms with E-state index in [1.54, 1.807) is 0 Å². The normalized spacial score (nSPS) is 9.82. The molecule has 0 aromatic heterocycles. The fraction of sp³-hybridized carbons (Fsp3) is 0.200. The van der Waals surface area contributed by atoms with E-state index in [0.717, 1.165) is 4.90 Å². The predicted molar refractivity (Wildman–Crippen MR) is 63.4 cm³/mol. The molecule has 0 aliphatic carbocycles. The first-order valence-electron chi connectivity index (χ1n) is 4.59. The van der Waals surface area contributed by atoms with Crippen LogP contribution in [0.25, 0.3) is 0 Å². The third kappa shape index (κ3) is 4.03. The third-order valence-corrected chi connectivity index (χ3v) is 2.50. The van der Waals surface area contributed by atoms with Gasteiger partial charge in [-0.15, -0.1) is 0 Å². The summed E-state index contributed by atoms with van der Waals surface area (Å²) in [6.07, 6.45) is 0. The van der Waals surface area contributed by atoms with Crippen molar-refractivity contribution in [1.82, 2.24) is 4.90 Å². The topological polar surface area (TPSA) is 69.6 Å². The van der Waals surface area contributed by atoms with Gasteiger partial charge in [-0.3, -0.25) is 4.79 Å². The van der Waals surface area contributed by atoms with Crippen molar-refractivity contribution in [3.8, 4) is 0 Å². The maximum absolute atomic E-state index is 12.9. The van der Waals surface area contributed by atoms with Gasteiger partial charge in [0.1, 0.15) is 12.4 Å². The molecule has 0 heterocycles. The molecule has 0 bridgehead atoms. The number of amides is 2. The molecular weight excluding hydrogens is 295 g/mol. The number of aliphatic carboxylic acids is 1. The molecule has 5 nitrogen and oxygen atoms in total. The average molecular weight is 305 g/mol. The summed E-state index contributed by atoms with van der Waals surface area (Å²) in [5.41, 5.74) is 0.375. The number of halogens is 2. The van der Waals surface area contributed by atoms with E-state index < -0.39 is 24.4 Å². The predicted octanol–water partition coefficient (Wildman–Crippen LogP) is 2.14. The number of anilines is 1. The zero-order valence-electron chi connectivity index (χ0n) is 8.91. The van der Waals surface area contributed by atoms with Gasteiger partial charge in [0.15, 0.2) is 0 Å². The number of urea groups is 1. The van der Waals surface area contributed by atoms with Crippen molar-refractivity contribution in [2.24, 2.45) is 0 Å². The quantitative estimate of drug-likeness (QED) is 0.899. The zero-order valence-corrected chi connectivity index (χ0v) is 10.5. The van der Waals surface area contributed by atoms with Crippen LogP contribution in [0.4, 0.5) is 14.9 Å². The van der Waals surface area contributed by atoms with Crippen molar-refractivity contribution in [3.63, 3.8) is 0 Å². The fourth-order valence-electron chi connectivity index (χ4n) is 1.07. The van der Waals surface area contributed by atoms with Crippen LogP contribution in [0, 0.1) is 5.82 Å². The Morgan fingerprint density at radius 2 is 2.18 bits per heavy atom. The maximum atomic E-state index is 12.9. The molecule has 0 saturated carbocycles. The van der Waals surface area contributed by atoms with E-state index in [1.807, 2.05) is 0 Å². The van der Waals surface area contributed by atoms with E-state index in [2.05, 4.69) is 21.2 Å². The lowest BCUT2D eigenvalue weighted by Crippen LogP contribution is -2.35. The summed E-state index contributed by atoms with van der Waals surface area (Å²) in [5, 5.41) is 10.9. The Bertz CT molecular complexity index is 453. The van der Waals surface area contributed by atoms with E-state index in [4.69, 9.17) is 5.11 Å². The van der Waals surface area contributed by atoms with E-state index in [1.165, 1.54) is 25.2 Å². The van der Waals surface area contributed by atoms with E-state index in [9.17, 15) is 14.0 Å². The number of hydrogen-bond donors (Lipinski definition) is 2. The first-order chi connectivity index (χ1) is 7.90. The molecule has 0 saturated heterocycles. The third-order valence-electron chi connectivity index (χ3n) is 1.89. The van der Waals surface area contributed by atoms with Gasteiger partial charge in [0.2, 0.25) is 0 Å². The van der Waals surface area contributed by atoms with E-state index in [-0.39, 0.29) is 4.47 Å². The summed E-state index contributed by atoms with van der Waals surface area (Å²) in [6.45, 7) is -0.409. The number of carbonyl (C=O) groups excluding carboxylic acids is 1. The van der Waals surface area contributed by atoms with Crippen LogP contribution in [0.3, 0.4) is 0 Å². The van der Waals surface area contributed by atoms with Gasteiger partial charge in [-0.05, 0) is 34.1 Å². The van der Waals surface area contributed by atoms with Crippen molar-refractivity contribution in [3.05, 3.63) is 28.5 Å². The van der Waals surface area contributed by atoms with Crippen LogP contribution < -0.4 is 5.32 Å². The summed E-state index contributed by atoms with van der Waals surface area (Å²) < 4.78 is 13.1. The summed E-state index contributed by atoms with van der Waals surface area (Å²) in [5.74, 6) is -1.55. The molecule has 92 valence electrons. The lowest BCUT2D eigenvalue weighted by Gasteiger charge is -2.15. The largest absolute Gasteiger partial charge is 0.480 e. The first kappa shape index (κ1) is 13.4. The number of nitrogens with one attached hydrogen (secondary N) is 1. The molecule has 0 spiro atoms. The maximum Gasteiger partial charge on any atom is 0.323 e. The number of benzene rings is 1. The Morgan fingerprint density at radius 3 is 2.71 bits per heavy atom. The highest BCUT2D eigenvalue weighted by Gasteiger charge is 2.12. The molecule has 17 heavy (non-hydrogen) atoms. The smallest absolute Gasteiger partial charge is 0.323 e. The highest BCUT2D eigenvalue weighted by molar-refractivity contribution is 9.10. The molecule has 1 aromatic rings. The summed E-state index contributed by atoms with van der Waals surface area (Å²) in [7, 11) is 1.35. The van der Waals surface area contributed by atoms with Crippen LogP contribution in [-0.4, -0.2) is 35.6 Å². The van der Waals surface area contributed by atoms with Crippen LogP contribution in [-0.2, 0) is 4.79 Å². The molecule has 0 aliphatic rings. The number of rotatable bonds is 3. The highest BCUT2D eigenvalue weighted by atomic mass is 79.9. The molecule has 7 heteroatoms. The SMILES string of the molecule is CN(CC(=O)O)C(=O)Nc1ccc(F)c(Br)c1. The number of carboxylic acids is 1. The summed E-state index contributed by atoms with van der Waals surface area (Å²) in [6, 6.07) is 3.39. The van der Waals surface area contributed by atoms with Crippen LogP contribution in [0.1, 0.15) is 0 Å². The second-order valence-corrected chi connectivity index (χ2v) is 4.16. The van der Waals surface area contributed by atoms with Crippen molar-refractivity contribution in [2.45, 2.75) is 0 Å². The van der Waals surface area contributed by atoms with Crippen LogP contribution >= 0.6 is 15.9 Å². The number of hydrogen-bond acceptors (Lipinski definition) is 2. The van der Waals surface area contributed by atoms with Gasteiger partial charge in [-0.2, -0.15) is 0 Å². The second-order valence-electron chi connectivity index (χ2n) is 3.31. The molecule has 0 unspecified atom stereocenters. The van der Waals surface area contributed by atoms with Gasteiger partial charge in [0.05, 0.1) is 4.47 Å². The van der Waals surface area contributed by atoms with Crippen LogP contribution in [0.5, 0.6) is 0 Å². The molecule has 0 aliphatic heterocycles. The lowest BCUT2D eigenvalue weighted by molar-refractivity contribution is -0.137.